The first-order chi connectivity index (χ1) is 6.81. The predicted octanol–water partition coefficient (Wildman–Crippen LogP) is 2.00. The van der Waals surface area contributed by atoms with E-state index in [1.165, 1.54) is 0 Å². The third kappa shape index (κ3) is 1.56. The molecule has 4 nitrogen and oxygen atoms in total. The molecule has 0 spiro atoms. The Morgan fingerprint density at radius 3 is 3.00 bits per heavy atom. The molecule has 0 bridgehead atoms. The number of nitrogens with two attached hydrogens (primary N) is 1. The van der Waals surface area contributed by atoms with Gasteiger partial charge in [-0.3, -0.25) is 0 Å². The van der Waals surface area contributed by atoms with E-state index in [1.807, 2.05) is 13.0 Å². The Morgan fingerprint density at radius 2 is 2.36 bits per heavy atom. The fraction of sp³-hybridized carbons (Fsp3) is 0.300. The van der Waals surface area contributed by atoms with E-state index in [1.54, 1.807) is 18.6 Å². The van der Waals surface area contributed by atoms with Crippen LogP contribution < -0.4 is 5.73 Å². The van der Waals surface area contributed by atoms with Crippen LogP contribution in [-0.2, 0) is 0 Å². The van der Waals surface area contributed by atoms with Crippen LogP contribution in [0.15, 0.2) is 33.5 Å². The smallest absolute Gasteiger partial charge is 0.262 e. The highest BCUT2D eigenvalue weighted by atomic mass is 16.4. The summed E-state index contributed by atoms with van der Waals surface area (Å²) in [5.74, 6) is 1.35. The van der Waals surface area contributed by atoms with E-state index >= 15 is 0 Å². The molecular weight excluding hydrogens is 180 g/mol. The van der Waals surface area contributed by atoms with Gasteiger partial charge in [0.1, 0.15) is 6.26 Å². The lowest BCUT2D eigenvalue weighted by Crippen LogP contribution is -2.08. The van der Waals surface area contributed by atoms with E-state index in [-0.39, 0.29) is 5.92 Å². The van der Waals surface area contributed by atoms with Gasteiger partial charge >= 0.3 is 0 Å². The van der Waals surface area contributed by atoms with Crippen molar-refractivity contribution in [1.82, 2.24) is 4.98 Å². The van der Waals surface area contributed by atoms with Crippen molar-refractivity contribution in [1.29, 1.82) is 0 Å². The third-order valence-electron chi connectivity index (χ3n) is 2.11. The number of nitrogens with zero attached hydrogens (tertiary/aromatic N) is 1. The Balaban J connectivity index is 2.26. The molecule has 2 N–H and O–H groups in total. The van der Waals surface area contributed by atoms with Gasteiger partial charge in [-0.15, -0.1) is 0 Å². The minimum Gasteiger partial charge on any atom is -0.459 e. The van der Waals surface area contributed by atoms with Crippen molar-refractivity contribution in [2.45, 2.75) is 12.8 Å². The summed E-state index contributed by atoms with van der Waals surface area (Å²) >= 11 is 0. The number of oxazole rings is 1. The average Bonchev–Trinajstić information content (AvgIpc) is 2.86. The number of furan rings is 1. The van der Waals surface area contributed by atoms with Gasteiger partial charge < -0.3 is 14.6 Å². The van der Waals surface area contributed by atoms with Gasteiger partial charge in [-0.25, -0.2) is 4.98 Å². The van der Waals surface area contributed by atoms with Gasteiger partial charge in [0.25, 0.3) is 5.89 Å². The summed E-state index contributed by atoms with van der Waals surface area (Å²) < 4.78 is 10.4. The lowest BCUT2D eigenvalue weighted by atomic mass is 10.1. The minimum absolute atomic E-state index is 0.211. The molecule has 0 saturated carbocycles. The molecule has 0 fully saturated rings. The molecule has 2 aromatic rings. The molecule has 0 aliphatic carbocycles. The molecule has 0 saturated heterocycles. The topological polar surface area (TPSA) is 65.2 Å². The van der Waals surface area contributed by atoms with Crippen molar-refractivity contribution < 1.29 is 8.83 Å². The van der Waals surface area contributed by atoms with Gasteiger partial charge in [0, 0.05) is 12.5 Å². The molecule has 1 unspecified atom stereocenters. The van der Waals surface area contributed by atoms with E-state index in [0.717, 1.165) is 5.69 Å². The van der Waals surface area contributed by atoms with Crippen molar-refractivity contribution in [3.8, 4) is 11.7 Å². The lowest BCUT2D eigenvalue weighted by Gasteiger charge is -2.00. The summed E-state index contributed by atoms with van der Waals surface area (Å²) in [6.45, 7) is 2.56. The zero-order valence-electron chi connectivity index (χ0n) is 7.93. The van der Waals surface area contributed by atoms with E-state index in [2.05, 4.69) is 4.98 Å². The van der Waals surface area contributed by atoms with Crippen LogP contribution in [0, 0.1) is 0 Å². The molecule has 0 aliphatic heterocycles. The molecule has 0 amide bonds. The third-order valence-corrected chi connectivity index (χ3v) is 2.11. The van der Waals surface area contributed by atoms with Crippen LogP contribution in [0.2, 0.25) is 0 Å². The zero-order chi connectivity index (χ0) is 9.97. The number of rotatable bonds is 3. The van der Waals surface area contributed by atoms with Crippen molar-refractivity contribution in [3.63, 3.8) is 0 Å². The van der Waals surface area contributed by atoms with Crippen LogP contribution in [0.1, 0.15) is 18.5 Å². The SMILES string of the molecule is CC(CN)c1coc(-c2ccco2)n1. The van der Waals surface area contributed by atoms with Crippen LogP contribution in [-0.4, -0.2) is 11.5 Å². The molecule has 74 valence electrons. The first kappa shape index (κ1) is 9.02. The van der Waals surface area contributed by atoms with Crippen molar-refractivity contribution in [2.24, 2.45) is 5.73 Å². The van der Waals surface area contributed by atoms with Crippen LogP contribution in [0.25, 0.3) is 11.7 Å². The van der Waals surface area contributed by atoms with E-state index < -0.39 is 0 Å². The van der Waals surface area contributed by atoms with Gasteiger partial charge in [0.2, 0.25) is 0 Å². The zero-order valence-corrected chi connectivity index (χ0v) is 7.93. The molecule has 2 rings (SSSR count). The molecule has 0 radical (unpaired) electrons. The fourth-order valence-electron chi connectivity index (χ4n) is 1.15. The first-order valence-electron chi connectivity index (χ1n) is 4.50. The van der Waals surface area contributed by atoms with Crippen molar-refractivity contribution in [2.75, 3.05) is 6.54 Å². The summed E-state index contributed by atoms with van der Waals surface area (Å²) in [5.41, 5.74) is 6.39. The Labute approximate surface area is 81.7 Å². The second-order valence-electron chi connectivity index (χ2n) is 3.19. The summed E-state index contributed by atoms with van der Waals surface area (Å²) in [6.07, 6.45) is 3.21. The molecule has 14 heavy (non-hydrogen) atoms. The summed E-state index contributed by atoms with van der Waals surface area (Å²) in [7, 11) is 0. The minimum atomic E-state index is 0.211. The van der Waals surface area contributed by atoms with Gasteiger partial charge in [0.05, 0.1) is 12.0 Å². The van der Waals surface area contributed by atoms with Crippen molar-refractivity contribution in [3.05, 3.63) is 30.4 Å². The summed E-state index contributed by atoms with van der Waals surface area (Å²) in [5, 5.41) is 0. The summed E-state index contributed by atoms with van der Waals surface area (Å²) in [4.78, 5) is 4.28. The Morgan fingerprint density at radius 1 is 1.50 bits per heavy atom. The average molecular weight is 192 g/mol. The fourth-order valence-corrected chi connectivity index (χ4v) is 1.15. The van der Waals surface area contributed by atoms with Crippen LogP contribution in [0.4, 0.5) is 0 Å². The highest BCUT2D eigenvalue weighted by molar-refractivity contribution is 5.43. The maximum Gasteiger partial charge on any atom is 0.262 e. The van der Waals surface area contributed by atoms with E-state index in [9.17, 15) is 0 Å². The van der Waals surface area contributed by atoms with Crippen LogP contribution in [0.3, 0.4) is 0 Å². The van der Waals surface area contributed by atoms with Crippen LogP contribution in [0.5, 0.6) is 0 Å². The first-order valence-corrected chi connectivity index (χ1v) is 4.50. The Kier molecular flexibility index (Phi) is 2.37. The molecule has 2 aromatic heterocycles. The molecule has 1 atom stereocenters. The number of hydrogen-bond donors (Lipinski definition) is 1. The molecule has 0 aliphatic rings. The molecule has 2 heterocycles. The van der Waals surface area contributed by atoms with Gasteiger partial charge in [-0.2, -0.15) is 0 Å². The molecule has 4 heteroatoms. The van der Waals surface area contributed by atoms with Crippen LogP contribution >= 0.6 is 0 Å². The van der Waals surface area contributed by atoms with E-state index in [0.29, 0.717) is 18.2 Å². The second-order valence-corrected chi connectivity index (χ2v) is 3.19. The standard InChI is InChI=1S/C10H12N2O2/c1-7(5-11)8-6-14-10(12-8)9-3-2-4-13-9/h2-4,6-7H,5,11H2,1H3. The number of aromatic nitrogens is 1. The summed E-state index contributed by atoms with van der Waals surface area (Å²) in [6, 6.07) is 3.61. The molecular formula is C10H12N2O2. The Bertz CT molecular complexity index is 392. The largest absolute Gasteiger partial charge is 0.459 e. The lowest BCUT2D eigenvalue weighted by molar-refractivity contribution is 0.516. The maximum absolute atomic E-state index is 5.53. The van der Waals surface area contributed by atoms with Gasteiger partial charge in [-0.1, -0.05) is 6.92 Å². The van der Waals surface area contributed by atoms with E-state index in [4.69, 9.17) is 14.6 Å². The highest BCUT2D eigenvalue weighted by Crippen LogP contribution is 2.21. The Hall–Kier alpha value is -1.55. The monoisotopic (exact) mass is 192 g/mol. The van der Waals surface area contributed by atoms with Gasteiger partial charge in [-0.05, 0) is 12.1 Å². The second kappa shape index (κ2) is 3.67. The number of hydrogen-bond acceptors (Lipinski definition) is 4. The van der Waals surface area contributed by atoms with Crippen molar-refractivity contribution >= 4 is 0 Å². The quantitative estimate of drug-likeness (QED) is 0.807. The maximum atomic E-state index is 5.53. The highest BCUT2D eigenvalue weighted by Gasteiger charge is 2.12. The molecule has 0 aromatic carbocycles. The predicted molar refractivity (Wildman–Crippen MR) is 51.7 cm³/mol. The van der Waals surface area contributed by atoms with Gasteiger partial charge in [0.15, 0.2) is 5.76 Å². The normalized spacial score (nSPS) is 13.0.